The molecular formula is C43H83ClN10O9. The van der Waals surface area contributed by atoms with Crippen LogP contribution in [-0.4, -0.2) is 140 Å². The lowest BCUT2D eigenvalue weighted by Crippen LogP contribution is -2.47. The molecule has 0 saturated carbocycles. The van der Waals surface area contributed by atoms with Crippen molar-refractivity contribution in [1.29, 1.82) is 0 Å². The highest BCUT2D eigenvalue weighted by atomic mass is 35.5. The number of carbonyl (C=O) groups is 3. The van der Waals surface area contributed by atoms with Crippen LogP contribution < -0.4 is 11.1 Å². The number of likely N-dealkylation sites (N-methyl/N-ethyl adjacent to an activating group) is 2. The summed E-state index contributed by atoms with van der Waals surface area (Å²) in [6, 6.07) is -0.493. The van der Waals surface area contributed by atoms with Gasteiger partial charge in [0.2, 0.25) is 0 Å². The molecule has 19 nitrogen and oxygen atoms in total. The molecule has 0 radical (unpaired) electrons. The molecule has 2 rings (SSSR count). The molecule has 0 unspecified atom stereocenters. The standard InChI is InChI=1S/C15H28N4O3.C15H30N2O3.C13H25ClN4O3/c1-5-19(14(20)22-15(2,3)4)13(10-17-18-16)9-12-7-6-8-21-11-12;1-5-17(14(18)20-15(2,3)4)13(10-16)9-12-7-6-8-19-11-12;1-13(2,3)21-12(20)17-11(8-16-18-15)7-10(9-19)5-4-6-14/h12-13H,5-11H2,1-4H3;12-13H,5-11,16H2,1-4H3;10-11,19H,4-9H2,1-3H3,(H,17,20)/t2*12-,13+;10-,11+/m111/s1. The van der Waals surface area contributed by atoms with Crippen LogP contribution in [0.5, 0.6) is 0 Å². The second kappa shape index (κ2) is 32.3. The number of aliphatic hydroxyl groups excluding tert-OH is 1. The Morgan fingerprint density at radius 3 is 1.65 bits per heavy atom. The number of ether oxygens (including phenoxy) is 5. The van der Waals surface area contributed by atoms with Crippen molar-refractivity contribution >= 4 is 29.9 Å². The van der Waals surface area contributed by atoms with Crippen molar-refractivity contribution < 1.29 is 43.2 Å². The second-order valence-electron chi connectivity index (χ2n) is 19.0. The van der Waals surface area contributed by atoms with Crippen LogP contribution in [0.2, 0.25) is 0 Å². The molecule has 0 bridgehead atoms. The fourth-order valence-corrected chi connectivity index (χ4v) is 7.25. The van der Waals surface area contributed by atoms with Crippen molar-refractivity contribution in [2.24, 2.45) is 33.7 Å². The van der Waals surface area contributed by atoms with Crippen LogP contribution in [0.3, 0.4) is 0 Å². The van der Waals surface area contributed by atoms with E-state index in [9.17, 15) is 19.5 Å². The Morgan fingerprint density at radius 2 is 1.27 bits per heavy atom. The molecule has 0 aliphatic carbocycles. The number of hydrogen-bond acceptors (Lipinski definition) is 12. The Bertz CT molecular complexity index is 1370. The van der Waals surface area contributed by atoms with Gasteiger partial charge in [-0.3, -0.25) is 0 Å². The van der Waals surface area contributed by atoms with Crippen LogP contribution in [-0.2, 0) is 23.7 Å². The molecule has 2 aliphatic rings. The van der Waals surface area contributed by atoms with Gasteiger partial charge < -0.3 is 49.6 Å². The van der Waals surface area contributed by atoms with Crippen LogP contribution in [0.4, 0.5) is 14.4 Å². The maximum absolute atomic E-state index is 12.4. The van der Waals surface area contributed by atoms with Crippen molar-refractivity contribution in [2.75, 3.05) is 71.6 Å². The quantitative estimate of drug-likeness (QED) is 0.0342. The van der Waals surface area contributed by atoms with E-state index in [2.05, 4.69) is 25.4 Å². The molecule has 366 valence electrons. The van der Waals surface area contributed by atoms with Crippen LogP contribution in [0.15, 0.2) is 10.2 Å². The summed E-state index contributed by atoms with van der Waals surface area (Å²) < 4.78 is 27.1. The summed E-state index contributed by atoms with van der Waals surface area (Å²) in [5.74, 6) is 1.41. The molecule has 2 saturated heterocycles. The van der Waals surface area contributed by atoms with Gasteiger partial charge in [-0.1, -0.05) is 10.2 Å². The van der Waals surface area contributed by atoms with Crippen molar-refractivity contribution in [3.63, 3.8) is 0 Å². The Hall–Kier alpha value is -3.44. The van der Waals surface area contributed by atoms with E-state index in [1.54, 1.807) is 30.6 Å². The lowest BCUT2D eigenvalue weighted by Gasteiger charge is -2.35. The van der Waals surface area contributed by atoms with E-state index in [1.807, 2.05) is 55.4 Å². The Morgan fingerprint density at radius 1 is 0.810 bits per heavy atom. The SMILES string of the molecule is CC(C)(C)OC(=O)N[C@H](CN=[N+]=[N-])C[C@H](CO)CCCCl.CCN(C(=O)OC(C)(C)C)[C@H](CN)C[C@H]1CCCOC1.CCN(C(=O)OC(C)(C)C)[C@H](CN=[N+]=[N-])C[C@H]1CCCOC1. The summed E-state index contributed by atoms with van der Waals surface area (Å²) in [6.07, 6.45) is 6.89. The van der Waals surface area contributed by atoms with Gasteiger partial charge in [0.15, 0.2) is 0 Å². The van der Waals surface area contributed by atoms with Crippen LogP contribution in [0.25, 0.3) is 20.9 Å². The minimum atomic E-state index is -0.595. The molecule has 6 atom stereocenters. The summed E-state index contributed by atoms with van der Waals surface area (Å²) in [6.45, 7) is 25.5. The number of nitrogens with two attached hydrogens (primary N) is 1. The van der Waals surface area contributed by atoms with Crippen LogP contribution in [0, 0.1) is 17.8 Å². The van der Waals surface area contributed by atoms with Crippen molar-refractivity contribution in [1.82, 2.24) is 15.1 Å². The van der Waals surface area contributed by atoms with E-state index in [1.165, 1.54) is 0 Å². The summed E-state index contributed by atoms with van der Waals surface area (Å²) >= 11 is 5.64. The van der Waals surface area contributed by atoms with Gasteiger partial charge in [-0.15, -0.1) is 11.6 Å². The number of alkyl carbamates (subject to hydrolysis) is 1. The van der Waals surface area contributed by atoms with Crippen LogP contribution in [0.1, 0.15) is 134 Å². The summed E-state index contributed by atoms with van der Waals surface area (Å²) in [7, 11) is 0. The molecule has 0 aromatic carbocycles. The van der Waals surface area contributed by atoms with Gasteiger partial charge in [-0.05, 0) is 163 Å². The monoisotopic (exact) mass is 919 g/mol. The largest absolute Gasteiger partial charge is 0.444 e. The zero-order valence-corrected chi connectivity index (χ0v) is 41.1. The Kier molecular flexibility index (Phi) is 30.5. The first kappa shape index (κ1) is 59.6. The Labute approximate surface area is 382 Å². The van der Waals surface area contributed by atoms with Crippen molar-refractivity contribution in [3.8, 4) is 0 Å². The average Bonchev–Trinajstić information content (AvgIpc) is 3.19. The fraction of sp³-hybridized carbons (Fsp3) is 0.930. The molecule has 2 fully saturated rings. The minimum absolute atomic E-state index is 0.000342. The van der Waals surface area contributed by atoms with Gasteiger partial charge in [-0.2, -0.15) is 0 Å². The van der Waals surface area contributed by atoms with Crippen molar-refractivity contribution in [2.45, 2.75) is 169 Å². The normalized spacial score (nSPS) is 18.4. The number of carbonyl (C=O) groups excluding carboxylic acids is 3. The number of aliphatic hydroxyl groups is 1. The van der Waals surface area contributed by atoms with Gasteiger partial charge in [0.25, 0.3) is 0 Å². The highest BCUT2D eigenvalue weighted by Crippen LogP contribution is 2.24. The minimum Gasteiger partial charge on any atom is -0.444 e. The summed E-state index contributed by atoms with van der Waals surface area (Å²) in [4.78, 5) is 45.3. The average molecular weight is 920 g/mol. The highest BCUT2D eigenvalue weighted by molar-refractivity contribution is 6.17. The summed E-state index contributed by atoms with van der Waals surface area (Å²) in [5, 5.41) is 19.2. The number of halogens is 1. The predicted molar refractivity (Wildman–Crippen MR) is 247 cm³/mol. The summed E-state index contributed by atoms with van der Waals surface area (Å²) in [5.41, 5.74) is 21.3. The molecule has 4 N–H and O–H groups in total. The number of nitrogens with zero attached hydrogens (tertiary/aromatic N) is 8. The highest BCUT2D eigenvalue weighted by Gasteiger charge is 2.31. The first-order valence-electron chi connectivity index (χ1n) is 22.6. The van der Waals surface area contributed by atoms with Gasteiger partial charge >= 0.3 is 18.3 Å². The van der Waals surface area contributed by atoms with Crippen LogP contribution >= 0.6 is 11.6 Å². The van der Waals surface area contributed by atoms with E-state index in [-0.39, 0.29) is 55.9 Å². The topological polar surface area (TPSA) is 260 Å². The molecule has 63 heavy (non-hydrogen) atoms. The van der Waals surface area contributed by atoms with Gasteiger partial charge in [-0.25, -0.2) is 14.4 Å². The molecule has 0 aromatic rings. The van der Waals surface area contributed by atoms with E-state index >= 15 is 0 Å². The number of azide groups is 2. The second-order valence-corrected chi connectivity index (χ2v) is 19.4. The first-order chi connectivity index (χ1) is 29.6. The number of nitrogens with one attached hydrogen (secondary N) is 1. The third-order valence-corrected chi connectivity index (χ3v) is 10.1. The van der Waals surface area contributed by atoms with Gasteiger partial charge in [0.05, 0.1) is 0 Å². The molecular weight excluding hydrogens is 836 g/mol. The number of alkyl halides is 1. The van der Waals surface area contributed by atoms with E-state index in [4.69, 9.17) is 52.1 Å². The zero-order valence-electron chi connectivity index (χ0n) is 40.4. The maximum Gasteiger partial charge on any atom is 0.410 e. The smallest absolute Gasteiger partial charge is 0.410 e. The molecule has 0 spiro atoms. The van der Waals surface area contributed by atoms with E-state index in [0.29, 0.717) is 50.4 Å². The fourth-order valence-electron chi connectivity index (χ4n) is 7.09. The Balaban J connectivity index is 0.000000916. The molecule has 2 aliphatic heterocycles. The molecule has 3 amide bonds. The molecule has 0 aromatic heterocycles. The maximum atomic E-state index is 12.4. The molecule has 20 heteroatoms. The molecule has 2 heterocycles. The third kappa shape index (κ3) is 29.6. The predicted octanol–water partition coefficient (Wildman–Crippen LogP) is 9.33. The van der Waals surface area contributed by atoms with Gasteiger partial charge in [0.1, 0.15) is 16.8 Å². The first-order valence-corrected chi connectivity index (χ1v) is 23.1. The van der Waals surface area contributed by atoms with Gasteiger partial charge in [0, 0.05) is 99.6 Å². The lowest BCUT2D eigenvalue weighted by molar-refractivity contribution is 0.00669. The zero-order chi connectivity index (χ0) is 48.1. The number of hydrogen-bond donors (Lipinski definition) is 3. The number of rotatable bonds is 20. The third-order valence-electron chi connectivity index (χ3n) is 9.87. The van der Waals surface area contributed by atoms with E-state index < -0.39 is 22.9 Å². The number of amides is 3. The van der Waals surface area contributed by atoms with E-state index in [0.717, 1.165) is 71.2 Å². The van der Waals surface area contributed by atoms with Crippen molar-refractivity contribution in [3.05, 3.63) is 20.9 Å². The lowest BCUT2D eigenvalue weighted by atomic mass is 9.93.